The van der Waals surface area contributed by atoms with E-state index in [1.165, 1.54) is 11.1 Å². The lowest BCUT2D eigenvalue weighted by atomic mass is 10.1. The zero-order valence-electron chi connectivity index (χ0n) is 12.9. The largest absolute Gasteiger partial charge is 0.492 e. The lowest BCUT2D eigenvalue weighted by molar-refractivity contribution is 0.238. The summed E-state index contributed by atoms with van der Waals surface area (Å²) in [6.45, 7) is 4.72. The molecule has 2 aromatic rings. The first-order chi connectivity index (χ1) is 10.1. The fourth-order valence-electron chi connectivity index (χ4n) is 2.15. The van der Waals surface area contributed by atoms with Crippen molar-refractivity contribution in [2.45, 2.75) is 13.3 Å². The van der Waals surface area contributed by atoms with E-state index in [0.717, 1.165) is 30.9 Å². The number of benzene rings is 2. The molecule has 0 bridgehead atoms. The van der Waals surface area contributed by atoms with Crippen LogP contribution in [0.15, 0.2) is 48.5 Å². The number of nitrogens with two attached hydrogens (primary N) is 1. The first-order valence-electron chi connectivity index (χ1n) is 7.36. The highest BCUT2D eigenvalue weighted by atomic mass is 16.5. The van der Waals surface area contributed by atoms with Crippen molar-refractivity contribution >= 4 is 5.69 Å². The number of para-hydroxylation sites is 1. The van der Waals surface area contributed by atoms with Gasteiger partial charge in [0.1, 0.15) is 12.4 Å². The standard InChI is InChI=1S/C18H24N2O/c1-15-5-3-4-6-18(15)21-14-13-20(2)12-11-16-7-9-17(19)10-8-16/h3-10H,11-14,19H2,1-2H3. The zero-order chi connectivity index (χ0) is 15.1. The number of ether oxygens (including phenoxy) is 1. The van der Waals surface area contributed by atoms with Gasteiger partial charge < -0.3 is 15.4 Å². The van der Waals surface area contributed by atoms with Crippen LogP contribution < -0.4 is 10.5 Å². The summed E-state index contributed by atoms with van der Waals surface area (Å²) >= 11 is 0. The average Bonchev–Trinajstić information content (AvgIpc) is 2.49. The molecule has 2 rings (SSSR count). The van der Waals surface area contributed by atoms with Gasteiger partial charge in [0.05, 0.1) is 0 Å². The van der Waals surface area contributed by atoms with E-state index in [4.69, 9.17) is 10.5 Å². The van der Waals surface area contributed by atoms with Crippen molar-refractivity contribution in [3.63, 3.8) is 0 Å². The van der Waals surface area contributed by atoms with Gasteiger partial charge in [0.2, 0.25) is 0 Å². The molecule has 3 nitrogen and oxygen atoms in total. The molecular formula is C18H24N2O. The molecule has 0 saturated carbocycles. The molecule has 112 valence electrons. The van der Waals surface area contributed by atoms with Crippen LogP contribution in [0.2, 0.25) is 0 Å². The molecule has 0 spiro atoms. The third kappa shape index (κ3) is 5.12. The van der Waals surface area contributed by atoms with Gasteiger partial charge in [0, 0.05) is 18.8 Å². The number of hydrogen-bond acceptors (Lipinski definition) is 3. The van der Waals surface area contributed by atoms with Gasteiger partial charge in [-0.1, -0.05) is 30.3 Å². The Bertz CT molecular complexity index is 551. The molecular weight excluding hydrogens is 260 g/mol. The number of hydrogen-bond donors (Lipinski definition) is 1. The molecule has 0 aliphatic carbocycles. The Labute approximate surface area is 127 Å². The van der Waals surface area contributed by atoms with Gasteiger partial charge in [-0.05, 0) is 49.7 Å². The molecule has 2 N–H and O–H groups in total. The second-order valence-electron chi connectivity index (χ2n) is 5.41. The van der Waals surface area contributed by atoms with Crippen LogP contribution in [-0.4, -0.2) is 31.6 Å². The third-order valence-corrected chi connectivity index (χ3v) is 3.59. The average molecular weight is 284 g/mol. The van der Waals surface area contributed by atoms with Crippen molar-refractivity contribution in [3.05, 3.63) is 59.7 Å². The van der Waals surface area contributed by atoms with Gasteiger partial charge in [0.15, 0.2) is 0 Å². The van der Waals surface area contributed by atoms with Crippen molar-refractivity contribution in [3.8, 4) is 5.75 Å². The Hall–Kier alpha value is -2.00. The monoisotopic (exact) mass is 284 g/mol. The number of nitrogens with zero attached hydrogens (tertiary/aromatic N) is 1. The minimum Gasteiger partial charge on any atom is -0.492 e. The summed E-state index contributed by atoms with van der Waals surface area (Å²) in [5.41, 5.74) is 9.01. The summed E-state index contributed by atoms with van der Waals surface area (Å²) in [4.78, 5) is 2.29. The summed E-state index contributed by atoms with van der Waals surface area (Å²) in [5.74, 6) is 0.976. The lowest BCUT2D eigenvalue weighted by Crippen LogP contribution is -2.26. The molecule has 3 heteroatoms. The summed E-state index contributed by atoms with van der Waals surface area (Å²) in [5, 5.41) is 0. The van der Waals surface area contributed by atoms with E-state index in [0.29, 0.717) is 6.61 Å². The van der Waals surface area contributed by atoms with Gasteiger partial charge in [-0.25, -0.2) is 0 Å². The van der Waals surface area contributed by atoms with Crippen LogP contribution in [0.4, 0.5) is 5.69 Å². The molecule has 0 aromatic heterocycles. The Kier molecular flexibility index (Phi) is 5.64. The number of likely N-dealkylation sites (N-methyl/N-ethyl adjacent to an activating group) is 1. The normalized spacial score (nSPS) is 10.8. The number of aryl methyl sites for hydroxylation is 1. The summed E-state index contributed by atoms with van der Waals surface area (Å²) in [7, 11) is 2.12. The molecule has 0 radical (unpaired) electrons. The van der Waals surface area contributed by atoms with Crippen molar-refractivity contribution in [1.29, 1.82) is 0 Å². The Morgan fingerprint density at radius 2 is 1.71 bits per heavy atom. The fourth-order valence-corrected chi connectivity index (χ4v) is 2.15. The van der Waals surface area contributed by atoms with Gasteiger partial charge in [-0.3, -0.25) is 0 Å². The Morgan fingerprint density at radius 1 is 1.00 bits per heavy atom. The summed E-state index contributed by atoms with van der Waals surface area (Å²) in [6, 6.07) is 16.2. The molecule has 0 aliphatic rings. The molecule has 2 aromatic carbocycles. The highest BCUT2D eigenvalue weighted by molar-refractivity contribution is 5.39. The van der Waals surface area contributed by atoms with Crippen molar-refractivity contribution in [2.75, 3.05) is 32.5 Å². The molecule has 0 aliphatic heterocycles. The fraction of sp³-hybridized carbons (Fsp3) is 0.333. The van der Waals surface area contributed by atoms with Crippen molar-refractivity contribution in [2.24, 2.45) is 0 Å². The van der Waals surface area contributed by atoms with E-state index >= 15 is 0 Å². The van der Waals surface area contributed by atoms with E-state index in [1.807, 2.05) is 30.3 Å². The molecule has 0 unspecified atom stereocenters. The maximum Gasteiger partial charge on any atom is 0.122 e. The zero-order valence-corrected chi connectivity index (χ0v) is 12.9. The molecule has 0 atom stereocenters. The maximum atomic E-state index is 5.82. The van der Waals surface area contributed by atoms with Crippen LogP contribution in [0.25, 0.3) is 0 Å². The van der Waals surface area contributed by atoms with Crippen molar-refractivity contribution in [1.82, 2.24) is 4.90 Å². The minimum atomic E-state index is 0.711. The van der Waals surface area contributed by atoms with Crippen LogP contribution in [0.5, 0.6) is 5.75 Å². The lowest BCUT2D eigenvalue weighted by Gasteiger charge is -2.17. The van der Waals surface area contributed by atoms with Gasteiger partial charge >= 0.3 is 0 Å². The first-order valence-corrected chi connectivity index (χ1v) is 7.36. The Morgan fingerprint density at radius 3 is 2.43 bits per heavy atom. The highest BCUT2D eigenvalue weighted by Gasteiger charge is 2.02. The van der Waals surface area contributed by atoms with Crippen LogP contribution in [-0.2, 0) is 6.42 Å². The van der Waals surface area contributed by atoms with Crippen LogP contribution in [0, 0.1) is 6.92 Å². The molecule has 21 heavy (non-hydrogen) atoms. The predicted molar refractivity (Wildman–Crippen MR) is 88.7 cm³/mol. The van der Waals surface area contributed by atoms with Crippen LogP contribution in [0.3, 0.4) is 0 Å². The maximum absolute atomic E-state index is 5.82. The van der Waals surface area contributed by atoms with E-state index in [2.05, 4.69) is 37.1 Å². The summed E-state index contributed by atoms with van der Waals surface area (Å²) in [6.07, 6.45) is 1.03. The second kappa shape index (κ2) is 7.70. The SMILES string of the molecule is Cc1ccccc1OCCN(C)CCc1ccc(N)cc1. The van der Waals surface area contributed by atoms with Crippen LogP contribution in [0.1, 0.15) is 11.1 Å². The molecule has 0 saturated heterocycles. The van der Waals surface area contributed by atoms with Gasteiger partial charge in [-0.15, -0.1) is 0 Å². The number of nitrogen functional groups attached to an aromatic ring is 1. The van der Waals surface area contributed by atoms with E-state index in [-0.39, 0.29) is 0 Å². The quantitative estimate of drug-likeness (QED) is 0.794. The van der Waals surface area contributed by atoms with E-state index < -0.39 is 0 Å². The highest BCUT2D eigenvalue weighted by Crippen LogP contribution is 2.15. The van der Waals surface area contributed by atoms with Crippen molar-refractivity contribution < 1.29 is 4.74 Å². The predicted octanol–water partition coefficient (Wildman–Crippen LogP) is 3.13. The molecule has 0 heterocycles. The number of anilines is 1. The Balaban J connectivity index is 1.69. The smallest absolute Gasteiger partial charge is 0.122 e. The molecule has 0 amide bonds. The van der Waals surface area contributed by atoms with E-state index in [1.54, 1.807) is 0 Å². The van der Waals surface area contributed by atoms with E-state index in [9.17, 15) is 0 Å². The summed E-state index contributed by atoms with van der Waals surface area (Å²) < 4.78 is 5.82. The minimum absolute atomic E-state index is 0.711. The van der Waals surface area contributed by atoms with Crippen LogP contribution >= 0.6 is 0 Å². The van der Waals surface area contributed by atoms with Gasteiger partial charge in [-0.2, -0.15) is 0 Å². The first kappa shape index (κ1) is 15.4. The molecule has 0 fully saturated rings. The second-order valence-corrected chi connectivity index (χ2v) is 5.41. The number of rotatable bonds is 7. The third-order valence-electron chi connectivity index (χ3n) is 3.59. The van der Waals surface area contributed by atoms with Gasteiger partial charge in [0.25, 0.3) is 0 Å². The topological polar surface area (TPSA) is 38.5 Å².